The summed E-state index contributed by atoms with van der Waals surface area (Å²) in [6.07, 6.45) is 7.80. The van der Waals surface area contributed by atoms with Gasteiger partial charge in [-0.3, -0.25) is 9.69 Å². The van der Waals surface area contributed by atoms with Crippen LogP contribution in [0.3, 0.4) is 0 Å². The van der Waals surface area contributed by atoms with Gasteiger partial charge in [-0.1, -0.05) is 24.3 Å². The van der Waals surface area contributed by atoms with Crippen LogP contribution in [0.2, 0.25) is 0 Å². The number of carbonyl (C=O) groups is 1. The van der Waals surface area contributed by atoms with E-state index in [4.69, 9.17) is 5.11 Å². The van der Waals surface area contributed by atoms with E-state index in [9.17, 15) is 4.79 Å². The molecule has 5 nitrogen and oxygen atoms in total. The Morgan fingerprint density at radius 2 is 2.14 bits per heavy atom. The summed E-state index contributed by atoms with van der Waals surface area (Å²) >= 11 is 0. The number of nitrogens with one attached hydrogen (secondary N) is 1. The predicted molar refractivity (Wildman–Crippen MR) is 120 cm³/mol. The number of benzene rings is 1. The van der Waals surface area contributed by atoms with Gasteiger partial charge >= 0.3 is 0 Å². The van der Waals surface area contributed by atoms with Crippen molar-refractivity contribution in [1.29, 1.82) is 0 Å². The van der Waals surface area contributed by atoms with Gasteiger partial charge in [0.2, 0.25) is 5.91 Å². The van der Waals surface area contributed by atoms with Crippen molar-refractivity contribution in [3.8, 4) is 0 Å². The van der Waals surface area contributed by atoms with E-state index in [2.05, 4.69) is 67.8 Å². The van der Waals surface area contributed by atoms with Crippen LogP contribution in [0.15, 0.2) is 43.1 Å². The van der Waals surface area contributed by atoms with Gasteiger partial charge in [-0.05, 0) is 56.5 Å². The SMILES string of the molecule is C=CCCO.CCN(CC)C(=O)[C@@H]1C=C2c3cccc4[nH]cc(c34)C[C@H]2N(C)C1. The lowest BCUT2D eigenvalue weighted by molar-refractivity contribution is -0.134. The van der Waals surface area contributed by atoms with E-state index in [1.165, 1.54) is 27.6 Å². The lowest BCUT2D eigenvalue weighted by Crippen LogP contribution is -2.47. The van der Waals surface area contributed by atoms with Crippen molar-refractivity contribution in [3.05, 3.63) is 54.3 Å². The van der Waals surface area contributed by atoms with Crippen LogP contribution in [0.1, 0.15) is 31.4 Å². The topological polar surface area (TPSA) is 59.6 Å². The van der Waals surface area contributed by atoms with Gasteiger partial charge < -0.3 is 15.0 Å². The Morgan fingerprint density at radius 1 is 1.38 bits per heavy atom. The molecule has 1 aromatic heterocycles. The molecule has 4 rings (SSSR count). The summed E-state index contributed by atoms with van der Waals surface area (Å²) in [6.45, 7) is 10.1. The minimum Gasteiger partial charge on any atom is -0.396 e. The van der Waals surface area contributed by atoms with Gasteiger partial charge in [-0.25, -0.2) is 0 Å². The lowest BCUT2D eigenvalue weighted by atomic mass is 9.79. The molecule has 1 aromatic carbocycles. The molecule has 2 aromatic rings. The van der Waals surface area contributed by atoms with Crippen LogP contribution in [0.5, 0.6) is 0 Å². The minimum absolute atomic E-state index is 0.0445. The van der Waals surface area contributed by atoms with E-state index in [0.29, 0.717) is 12.5 Å². The number of likely N-dealkylation sites (N-methyl/N-ethyl adjacent to an activating group) is 1. The van der Waals surface area contributed by atoms with Crippen LogP contribution in [-0.2, 0) is 11.2 Å². The molecule has 0 saturated carbocycles. The average molecular weight is 396 g/mol. The molecule has 29 heavy (non-hydrogen) atoms. The van der Waals surface area contributed by atoms with Crippen molar-refractivity contribution in [2.45, 2.75) is 32.7 Å². The van der Waals surface area contributed by atoms with Gasteiger partial charge in [-0.15, -0.1) is 6.58 Å². The fourth-order valence-electron chi connectivity index (χ4n) is 4.47. The number of H-pyrrole nitrogens is 1. The molecule has 0 unspecified atom stereocenters. The van der Waals surface area contributed by atoms with Crippen molar-refractivity contribution in [2.75, 3.05) is 33.3 Å². The van der Waals surface area contributed by atoms with E-state index in [1.54, 1.807) is 6.08 Å². The Bertz CT molecular complexity index is 895. The minimum atomic E-state index is -0.0445. The maximum atomic E-state index is 12.9. The van der Waals surface area contributed by atoms with Crippen molar-refractivity contribution in [1.82, 2.24) is 14.8 Å². The molecule has 1 aliphatic heterocycles. The molecule has 2 heterocycles. The normalized spacial score (nSPS) is 20.3. The monoisotopic (exact) mass is 395 g/mol. The lowest BCUT2D eigenvalue weighted by Gasteiger charge is -2.40. The third-order valence-corrected chi connectivity index (χ3v) is 5.99. The zero-order valence-corrected chi connectivity index (χ0v) is 17.8. The Balaban J connectivity index is 0.000000431. The molecular formula is C24H33N3O2. The van der Waals surface area contributed by atoms with Gasteiger partial charge in [0, 0.05) is 49.4 Å². The molecule has 1 aliphatic carbocycles. The van der Waals surface area contributed by atoms with Crippen LogP contribution in [0.4, 0.5) is 0 Å². The number of hydrogen-bond acceptors (Lipinski definition) is 3. The predicted octanol–water partition coefficient (Wildman–Crippen LogP) is 3.46. The molecule has 2 atom stereocenters. The van der Waals surface area contributed by atoms with Crippen LogP contribution in [0, 0.1) is 5.92 Å². The van der Waals surface area contributed by atoms with E-state index in [-0.39, 0.29) is 18.4 Å². The van der Waals surface area contributed by atoms with Gasteiger partial charge in [-0.2, -0.15) is 0 Å². The van der Waals surface area contributed by atoms with E-state index < -0.39 is 0 Å². The van der Waals surface area contributed by atoms with Gasteiger partial charge in [0.15, 0.2) is 0 Å². The van der Waals surface area contributed by atoms with Gasteiger partial charge in [0.1, 0.15) is 0 Å². The number of nitrogens with zero attached hydrogens (tertiary/aromatic N) is 2. The molecule has 1 amide bonds. The van der Waals surface area contributed by atoms with E-state index in [1.807, 2.05) is 4.90 Å². The molecule has 0 bridgehead atoms. The number of aromatic amines is 1. The Morgan fingerprint density at radius 3 is 2.76 bits per heavy atom. The number of aliphatic hydroxyl groups is 1. The third-order valence-electron chi connectivity index (χ3n) is 5.99. The first-order valence-corrected chi connectivity index (χ1v) is 10.6. The summed E-state index contributed by atoms with van der Waals surface area (Å²) in [5, 5.41) is 9.33. The van der Waals surface area contributed by atoms with Crippen LogP contribution >= 0.6 is 0 Å². The first-order valence-electron chi connectivity index (χ1n) is 10.6. The molecule has 0 fully saturated rings. The van der Waals surface area contributed by atoms with Crippen molar-refractivity contribution in [3.63, 3.8) is 0 Å². The molecule has 0 spiro atoms. The molecule has 2 N–H and O–H groups in total. The Hall–Kier alpha value is -2.37. The fraction of sp³-hybridized carbons (Fsp3) is 0.458. The average Bonchev–Trinajstić information content (AvgIpc) is 3.15. The highest BCUT2D eigenvalue weighted by Crippen LogP contribution is 2.40. The van der Waals surface area contributed by atoms with Gasteiger partial charge in [0.25, 0.3) is 0 Å². The summed E-state index contributed by atoms with van der Waals surface area (Å²) < 4.78 is 0. The third kappa shape index (κ3) is 4.16. The summed E-state index contributed by atoms with van der Waals surface area (Å²) in [6, 6.07) is 6.82. The first-order chi connectivity index (χ1) is 14.0. The second kappa shape index (κ2) is 9.42. The maximum Gasteiger partial charge on any atom is 0.230 e. The van der Waals surface area contributed by atoms with Crippen molar-refractivity contribution in [2.24, 2.45) is 5.92 Å². The number of amides is 1. The van der Waals surface area contributed by atoms with Crippen LogP contribution < -0.4 is 0 Å². The second-order valence-corrected chi connectivity index (χ2v) is 7.74. The maximum absolute atomic E-state index is 12.9. The van der Waals surface area contributed by atoms with Crippen molar-refractivity contribution >= 4 is 22.4 Å². The number of carbonyl (C=O) groups excluding carboxylic acids is 1. The molecule has 156 valence electrons. The van der Waals surface area contributed by atoms with E-state index in [0.717, 1.165) is 26.1 Å². The summed E-state index contributed by atoms with van der Waals surface area (Å²) in [7, 11) is 2.15. The Kier molecular flexibility index (Phi) is 6.93. The number of aromatic nitrogens is 1. The standard InChI is InChI=1S/C20H25N3O.C4H8O/c1-4-23(5-2)20(24)14-9-16-15-7-6-8-17-19(15)13(11-21-17)10-18(16)22(3)12-14;1-2-3-4-5/h6-9,11,14,18,21H,4-5,10,12H2,1-3H3;2,5H,1,3-4H2/t14-,18-;/m1./s1. The fourth-order valence-corrected chi connectivity index (χ4v) is 4.47. The molecule has 2 aliphatic rings. The van der Waals surface area contributed by atoms with E-state index >= 15 is 0 Å². The summed E-state index contributed by atoms with van der Waals surface area (Å²) in [4.78, 5) is 20.6. The quantitative estimate of drug-likeness (QED) is 0.762. The van der Waals surface area contributed by atoms with Crippen LogP contribution in [-0.4, -0.2) is 65.1 Å². The molecule has 5 heteroatoms. The number of fused-ring (bicyclic) bond motifs is 2. The Labute approximate surface area is 173 Å². The number of hydrogen-bond donors (Lipinski definition) is 2. The highest BCUT2D eigenvalue weighted by atomic mass is 16.2. The molecule has 0 saturated heterocycles. The largest absolute Gasteiger partial charge is 0.396 e. The van der Waals surface area contributed by atoms with Gasteiger partial charge in [0.05, 0.1) is 5.92 Å². The zero-order chi connectivity index (χ0) is 21.0. The highest BCUT2D eigenvalue weighted by molar-refractivity contribution is 5.99. The smallest absolute Gasteiger partial charge is 0.230 e. The van der Waals surface area contributed by atoms with Crippen LogP contribution in [0.25, 0.3) is 16.5 Å². The second-order valence-electron chi connectivity index (χ2n) is 7.74. The molecule has 0 radical (unpaired) electrons. The molecular weight excluding hydrogens is 362 g/mol. The first kappa shape index (κ1) is 21.3. The number of rotatable bonds is 5. The summed E-state index contributed by atoms with van der Waals surface area (Å²) in [5.41, 5.74) is 5.21. The summed E-state index contributed by atoms with van der Waals surface area (Å²) in [5.74, 6) is 0.210. The van der Waals surface area contributed by atoms with Crippen molar-refractivity contribution < 1.29 is 9.90 Å². The zero-order valence-electron chi connectivity index (χ0n) is 17.8. The highest BCUT2D eigenvalue weighted by Gasteiger charge is 2.36. The number of aliphatic hydroxyl groups excluding tert-OH is 1.